The van der Waals surface area contributed by atoms with Crippen LogP contribution in [0.4, 0.5) is 0 Å². The molecule has 0 aromatic carbocycles. The van der Waals surface area contributed by atoms with Gasteiger partial charge < -0.3 is 5.73 Å². The molecule has 4 nitrogen and oxygen atoms in total. The number of hydrogen-bond donors (Lipinski definition) is 3. The van der Waals surface area contributed by atoms with E-state index in [4.69, 9.17) is 5.73 Å². The maximum Gasteiger partial charge on any atom is 0.247 e. The summed E-state index contributed by atoms with van der Waals surface area (Å²) in [4.78, 5) is 10.6. The summed E-state index contributed by atoms with van der Waals surface area (Å²) < 4.78 is 0. The van der Waals surface area contributed by atoms with E-state index >= 15 is 0 Å². The molecule has 0 saturated heterocycles. The Morgan fingerprint density at radius 2 is 2.00 bits per heavy atom. The molecule has 60 valence electrons. The SMILES string of the molecule is CC(C)(C)NNC(=O)CN. The van der Waals surface area contributed by atoms with Crippen molar-refractivity contribution >= 4 is 5.91 Å². The zero-order chi connectivity index (χ0) is 8.20. The van der Waals surface area contributed by atoms with Crippen molar-refractivity contribution < 1.29 is 4.79 Å². The van der Waals surface area contributed by atoms with Gasteiger partial charge in [-0.2, -0.15) is 0 Å². The fourth-order valence-corrected chi connectivity index (χ4v) is 0.308. The lowest BCUT2D eigenvalue weighted by molar-refractivity contribution is -0.121. The number of hydrazine groups is 1. The van der Waals surface area contributed by atoms with Gasteiger partial charge in [-0.25, -0.2) is 5.43 Å². The topological polar surface area (TPSA) is 67.1 Å². The van der Waals surface area contributed by atoms with E-state index in [2.05, 4.69) is 10.9 Å². The molecule has 0 aliphatic carbocycles. The van der Waals surface area contributed by atoms with E-state index in [1.165, 1.54) is 0 Å². The Morgan fingerprint density at radius 3 is 2.30 bits per heavy atom. The van der Waals surface area contributed by atoms with E-state index in [1.807, 2.05) is 20.8 Å². The summed E-state index contributed by atoms with van der Waals surface area (Å²) in [5.74, 6) is -0.199. The van der Waals surface area contributed by atoms with Gasteiger partial charge in [0.1, 0.15) is 0 Å². The molecule has 0 aromatic heterocycles. The van der Waals surface area contributed by atoms with Gasteiger partial charge in [-0.3, -0.25) is 10.2 Å². The Labute approximate surface area is 61.1 Å². The Balaban J connectivity index is 3.46. The molecule has 0 bridgehead atoms. The van der Waals surface area contributed by atoms with Crippen LogP contribution in [0.15, 0.2) is 0 Å². The predicted molar refractivity (Wildman–Crippen MR) is 40.1 cm³/mol. The van der Waals surface area contributed by atoms with Crippen LogP contribution in [-0.2, 0) is 4.79 Å². The van der Waals surface area contributed by atoms with Gasteiger partial charge in [-0.05, 0) is 20.8 Å². The number of carbonyl (C=O) groups is 1. The van der Waals surface area contributed by atoms with Crippen molar-refractivity contribution in [1.82, 2.24) is 10.9 Å². The van der Waals surface area contributed by atoms with Crippen molar-refractivity contribution in [3.05, 3.63) is 0 Å². The molecule has 0 heterocycles. The molecule has 0 saturated carbocycles. The molecule has 4 N–H and O–H groups in total. The van der Waals surface area contributed by atoms with Crippen LogP contribution in [0, 0.1) is 0 Å². The minimum absolute atomic E-state index is 0.0169. The van der Waals surface area contributed by atoms with Crippen LogP contribution >= 0.6 is 0 Å². The first-order valence-corrected chi connectivity index (χ1v) is 3.22. The normalized spacial score (nSPS) is 11.2. The molecule has 0 unspecified atom stereocenters. The molecule has 0 aromatic rings. The highest BCUT2D eigenvalue weighted by Gasteiger charge is 2.08. The highest BCUT2D eigenvalue weighted by molar-refractivity contribution is 5.77. The lowest BCUT2D eigenvalue weighted by Gasteiger charge is -2.20. The van der Waals surface area contributed by atoms with Crippen LogP contribution in [0.1, 0.15) is 20.8 Å². The Kier molecular flexibility index (Phi) is 3.32. The summed E-state index contributed by atoms with van der Waals surface area (Å²) in [6.45, 7) is 5.86. The van der Waals surface area contributed by atoms with Crippen LogP contribution in [0.2, 0.25) is 0 Å². The summed E-state index contributed by atoms with van der Waals surface area (Å²) in [6.07, 6.45) is 0. The fraction of sp³-hybridized carbons (Fsp3) is 0.833. The average molecular weight is 145 g/mol. The van der Waals surface area contributed by atoms with Gasteiger partial charge in [0.25, 0.3) is 0 Å². The number of amides is 1. The Morgan fingerprint density at radius 1 is 1.50 bits per heavy atom. The van der Waals surface area contributed by atoms with Crippen molar-refractivity contribution in [2.45, 2.75) is 26.3 Å². The van der Waals surface area contributed by atoms with E-state index in [9.17, 15) is 4.79 Å². The van der Waals surface area contributed by atoms with Gasteiger partial charge in [0.2, 0.25) is 5.91 Å². The molecule has 0 fully saturated rings. The molecule has 0 aliphatic rings. The van der Waals surface area contributed by atoms with Gasteiger partial charge in [0.05, 0.1) is 6.54 Å². The minimum atomic E-state index is -0.199. The second-order valence-electron chi connectivity index (χ2n) is 3.13. The molecule has 0 radical (unpaired) electrons. The molecular formula is C6H15N3O. The average Bonchev–Trinajstić information content (AvgIpc) is 1.81. The third-order valence-electron chi connectivity index (χ3n) is 0.762. The van der Waals surface area contributed by atoms with E-state index in [0.717, 1.165) is 0 Å². The first-order chi connectivity index (χ1) is 4.45. The quantitative estimate of drug-likeness (QED) is 0.453. The van der Waals surface area contributed by atoms with Gasteiger partial charge >= 0.3 is 0 Å². The second kappa shape index (κ2) is 3.53. The molecule has 4 heteroatoms. The van der Waals surface area contributed by atoms with E-state index in [-0.39, 0.29) is 18.0 Å². The number of nitrogens with one attached hydrogen (secondary N) is 2. The Bertz CT molecular complexity index is 117. The van der Waals surface area contributed by atoms with Crippen molar-refractivity contribution in [1.29, 1.82) is 0 Å². The molecule has 10 heavy (non-hydrogen) atoms. The summed E-state index contributed by atoms with van der Waals surface area (Å²) in [7, 11) is 0. The van der Waals surface area contributed by atoms with Crippen molar-refractivity contribution in [3.8, 4) is 0 Å². The van der Waals surface area contributed by atoms with Gasteiger partial charge in [0.15, 0.2) is 0 Å². The van der Waals surface area contributed by atoms with Gasteiger partial charge in [-0.1, -0.05) is 0 Å². The molecule has 0 spiro atoms. The zero-order valence-electron chi connectivity index (χ0n) is 6.69. The number of rotatable bonds is 2. The predicted octanol–water partition coefficient (Wildman–Crippen LogP) is -0.636. The van der Waals surface area contributed by atoms with E-state index < -0.39 is 0 Å². The third kappa shape index (κ3) is 5.53. The van der Waals surface area contributed by atoms with Crippen LogP contribution in [0.3, 0.4) is 0 Å². The standard InChI is InChI=1S/C6H15N3O/c1-6(2,3)9-8-5(10)4-7/h9H,4,7H2,1-3H3,(H,8,10). The summed E-state index contributed by atoms with van der Waals surface area (Å²) in [5.41, 5.74) is 10.2. The van der Waals surface area contributed by atoms with Crippen molar-refractivity contribution in [2.75, 3.05) is 6.54 Å². The van der Waals surface area contributed by atoms with Crippen LogP contribution in [0.25, 0.3) is 0 Å². The molecular weight excluding hydrogens is 130 g/mol. The zero-order valence-corrected chi connectivity index (χ0v) is 6.69. The Hall–Kier alpha value is -0.610. The monoisotopic (exact) mass is 145 g/mol. The highest BCUT2D eigenvalue weighted by Crippen LogP contribution is 1.94. The number of carbonyl (C=O) groups excluding carboxylic acids is 1. The number of nitrogens with two attached hydrogens (primary N) is 1. The van der Waals surface area contributed by atoms with E-state index in [1.54, 1.807) is 0 Å². The van der Waals surface area contributed by atoms with Crippen LogP contribution in [0.5, 0.6) is 0 Å². The first kappa shape index (κ1) is 9.39. The maximum absolute atomic E-state index is 10.6. The van der Waals surface area contributed by atoms with Crippen molar-refractivity contribution in [2.24, 2.45) is 5.73 Å². The van der Waals surface area contributed by atoms with Crippen molar-refractivity contribution in [3.63, 3.8) is 0 Å². The highest BCUT2D eigenvalue weighted by atomic mass is 16.2. The molecule has 0 aliphatic heterocycles. The second-order valence-corrected chi connectivity index (χ2v) is 3.13. The number of hydrogen-bond acceptors (Lipinski definition) is 3. The maximum atomic E-state index is 10.6. The third-order valence-corrected chi connectivity index (χ3v) is 0.762. The minimum Gasteiger partial charge on any atom is -0.322 e. The van der Waals surface area contributed by atoms with Crippen LogP contribution in [-0.4, -0.2) is 18.0 Å². The van der Waals surface area contributed by atoms with Crippen LogP contribution < -0.4 is 16.6 Å². The fourth-order valence-electron chi connectivity index (χ4n) is 0.308. The summed E-state index contributed by atoms with van der Waals surface area (Å²) >= 11 is 0. The largest absolute Gasteiger partial charge is 0.322 e. The summed E-state index contributed by atoms with van der Waals surface area (Å²) in [5, 5.41) is 0. The van der Waals surface area contributed by atoms with E-state index in [0.29, 0.717) is 0 Å². The van der Waals surface area contributed by atoms with Gasteiger partial charge in [-0.15, -0.1) is 0 Å². The molecule has 1 amide bonds. The first-order valence-electron chi connectivity index (χ1n) is 3.22. The lowest BCUT2D eigenvalue weighted by Crippen LogP contribution is -2.50. The molecule has 0 atom stereocenters. The van der Waals surface area contributed by atoms with Gasteiger partial charge in [0, 0.05) is 5.54 Å². The smallest absolute Gasteiger partial charge is 0.247 e. The summed E-state index contributed by atoms with van der Waals surface area (Å²) in [6, 6.07) is 0. The lowest BCUT2D eigenvalue weighted by atomic mass is 10.1. The molecule has 0 rings (SSSR count).